The lowest BCUT2D eigenvalue weighted by atomic mass is 9.96. The molecule has 3 atom stereocenters. The summed E-state index contributed by atoms with van der Waals surface area (Å²) in [5.74, 6) is -1.25. The summed E-state index contributed by atoms with van der Waals surface area (Å²) >= 11 is 0. The number of carboxylic acid groups (broad SMARTS) is 1. The van der Waals surface area contributed by atoms with Crippen LogP contribution in [-0.2, 0) is 15.5 Å². The van der Waals surface area contributed by atoms with Gasteiger partial charge in [-0.25, -0.2) is 5.09 Å². The van der Waals surface area contributed by atoms with Gasteiger partial charge in [-0.3, -0.25) is 14.3 Å². The SMILES string of the molecule is CC(CC(NP(=O)(O)Cc1ccccc1)C(=O)O)c1cccnc1. The van der Waals surface area contributed by atoms with Gasteiger partial charge >= 0.3 is 5.97 Å². The Morgan fingerprint density at radius 3 is 2.54 bits per heavy atom. The van der Waals surface area contributed by atoms with Crippen LogP contribution in [0.3, 0.4) is 0 Å². The van der Waals surface area contributed by atoms with E-state index in [9.17, 15) is 19.4 Å². The highest BCUT2D eigenvalue weighted by Gasteiger charge is 2.29. The molecular weight excluding hydrogens is 327 g/mol. The van der Waals surface area contributed by atoms with Gasteiger partial charge in [-0.15, -0.1) is 0 Å². The van der Waals surface area contributed by atoms with Gasteiger partial charge in [0.2, 0.25) is 0 Å². The van der Waals surface area contributed by atoms with Gasteiger partial charge in [0.1, 0.15) is 6.04 Å². The first-order chi connectivity index (χ1) is 11.4. The van der Waals surface area contributed by atoms with Crippen LogP contribution in [0, 0.1) is 0 Å². The Morgan fingerprint density at radius 2 is 1.96 bits per heavy atom. The minimum atomic E-state index is -3.82. The van der Waals surface area contributed by atoms with Gasteiger partial charge in [-0.05, 0) is 29.5 Å². The normalized spacial score (nSPS) is 16.1. The molecule has 0 radical (unpaired) electrons. The molecular formula is C17H21N2O4P. The average Bonchev–Trinajstić information content (AvgIpc) is 2.55. The van der Waals surface area contributed by atoms with Crippen LogP contribution < -0.4 is 5.09 Å². The van der Waals surface area contributed by atoms with E-state index in [0.29, 0.717) is 5.56 Å². The number of aliphatic carboxylic acids is 1. The van der Waals surface area contributed by atoms with Crippen molar-refractivity contribution in [1.29, 1.82) is 0 Å². The molecule has 7 heteroatoms. The van der Waals surface area contributed by atoms with E-state index >= 15 is 0 Å². The molecule has 24 heavy (non-hydrogen) atoms. The molecule has 0 aliphatic heterocycles. The summed E-state index contributed by atoms with van der Waals surface area (Å²) in [6, 6.07) is 11.4. The molecule has 6 nitrogen and oxygen atoms in total. The Bertz CT molecular complexity index is 709. The Kier molecular flexibility index (Phi) is 6.26. The van der Waals surface area contributed by atoms with E-state index in [1.165, 1.54) is 0 Å². The lowest BCUT2D eigenvalue weighted by Crippen LogP contribution is -2.36. The molecule has 3 unspecified atom stereocenters. The maximum Gasteiger partial charge on any atom is 0.321 e. The number of benzene rings is 1. The fourth-order valence-electron chi connectivity index (χ4n) is 2.49. The predicted molar refractivity (Wildman–Crippen MR) is 91.8 cm³/mol. The van der Waals surface area contributed by atoms with E-state index in [0.717, 1.165) is 5.56 Å². The molecule has 0 aliphatic rings. The topological polar surface area (TPSA) is 99.5 Å². The van der Waals surface area contributed by atoms with E-state index in [4.69, 9.17) is 0 Å². The number of rotatable bonds is 8. The van der Waals surface area contributed by atoms with Crippen molar-refractivity contribution in [3.63, 3.8) is 0 Å². The Morgan fingerprint density at radius 1 is 1.25 bits per heavy atom. The summed E-state index contributed by atoms with van der Waals surface area (Å²) in [5, 5.41) is 11.8. The standard InChI is InChI=1S/C17H21N2O4P/c1-13(15-8-5-9-18-11-15)10-16(17(20)21)19-24(22,23)12-14-6-3-2-4-7-14/h2-9,11,13,16H,10,12H2,1H3,(H,20,21)(H2,19,22,23). The minimum absolute atomic E-state index is 0.107. The highest BCUT2D eigenvalue weighted by atomic mass is 31.2. The average molecular weight is 348 g/mol. The van der Waals surface area contributed by atoms with E-state index in [2.05, 4.69) is 10.1 Å². The molecule has 0 saturated heterocycles. The van der Waals surface area contributed by atoms with Crippen molar-refractivity contribution in [1.82, 2.24) is 10.1 Å². The van der Waals surface area contributed by atoms with Gasteiger partial charge in [-0.1, -0.05) is 43.3 Å². The molecule has 1 aromatic heterocycles. The smallest absolute Gasteiger partial charge is 0.321 e. The van der Waals surface area contributed by atoms with Crippen LogP contribution in [0.15, 0.2) is 54.9 Å². The first kappa shape index (κ1) is 18.3. The lowest BCUT2D eigenvalue weighted by molar-refractivity contribution is -0.139. The molecule has 0 amide bonds. The number of hydrogen-bond acceptors (Lipinski definition) is 3. The molecule has 0 saturated carbocycles. The van der Waals surface area contributed by atoms with Crippen LogP contribution in [0.2, 0.25) is 0 Å². The van der Waals surface area contributed by atoms with E-state index in [-0.39, 0.29) is 18.5 Å². The fraction of sp³-hybridized carbons (Fsp3) is 0.294. The summed E-state index contributed by atoms with van der Waals surface area (Å²) in [6.07, 6.45) is 3.40. The molecule has 0 spiro atoms. The van der Waals surface area contributed by atoms with E-state index in [1.807, 2.05) is 19.1 Å². The van der Waals surface area contributed by atoms with Crippen LogP contribution >= 0.6 is 7.52 Å². The molecule has 1 heterocycles. The third-order valence-corrected chi connectivity index (χ3v) is 5.25. The van der Waals surface area contributed by atoms with Crippen molar-refractivity contribution >= 4 is 13.5 Å². The maximum atomic E-state index is 12.4. The quantitative estimate of drug-likeness (QED) is 0.634. The van der Waals surface area contributed by atoms with Gasteiger partial charge in [0, 0.05) is 12.4 Å². The zero-order valence-corrected chi connectivity index (χ0v) is 14.3. The number of nitrogens with zero attached hydrogens (tertiary/aromatic N) is 1. The first-order valence-electron chi connectivity index (χ1n) is 7.63. The third-order valence-electron chi connectivity index (χ3n) is 3.74. The zero-order chi connectivity index (χ0) is 17.6. The molecule has 0 fully saturated rings. The number of aromatic nitrogens is 1. The second-order valence-corrected chi connectivity index (χ2v) is 7.77. The number of carboxylic acids is 1. The predicted octanol–water partition coefficient (Wildman–Crippen LogP) is 3.00. The largest absolute Gasteiger partial charge is 0.480 e. The van der Waals surface area contributed by atoms with Crippen molar-refractivity contribution in [2.24, 2.45) is 0 Å². The fourth-order valence-corrected chi connectivity index (χ4v) is 3.99. The summed E-state index contributed by atoms with van der Waals surface area (Å²) < 4.78 is 12.4. The van der Waals surface area contributed by atoms with Gasteiger partial charge in [0.15, 0.2) is 0 Å². The molecule has 0 bridgehead atoms. The zero-order valence-electron chi connectivity index (χ0n) is 13.4. The molecule has 3 N–H and O–H groups in total. The van der Waals surface area contributed by atoms with Gasteiger partial charge in [-0.2, -0.15) is 0 Å². The third kappa shape index (κ3) is 5.57. The first-order valence-corrected chi connectivity index (χ1v) is 9.48. The van der Waals surface area contributed by atoms with Gasteiger partial charge in [0.05, 0.1) is 6.16 Å². The van der Waals surface area contributed by atoms with Crippen molar-refractivity contribution in [3.8, 4) is 0 Å². The van der Waals surface area contributed by atoms with Crippen LogP contribution in [-0.4, -0.2) is 27.0 Å². The number of hydrogen-bond donors (Lipinski definition) is 3. The van der Waals surface area contributed by atoms with Crippen molar-refractivity contribution in [2.75, 3.05) is 0 Å². The molecule has 1 aromatic carbocycles. The van der Waals surface area contributed by atoms with Crippen LogP contribution in [0.1, 0.15) is 30.4 Å². The summed E-state index contributed by atoms with van der Waals surface area (Å²) in [5.41, 5.74) is 1.57. The van der Waals surface area contributed by atoms with Crippen molar-refractivity contribution in [2.45, 2.75) is 31.5 Å². The number of nitrogens with one attached hydrogen (secondary N) is 1. The summed E-state index contributed by atoms with van der Waals surface area (Å²) in [7, 11) is -3.82. The second kappa shape index (κ2) is 8.20. The molecule has 2 aromatic rings. The van der Waals surface area contributed by atoms with Crippen molar-refractivity contribution in [3.05, 3.63) is 66.0 Å². The highest BCUT2D eigenvalue weighted by Crippen LogP contribution is 2.41. The van der Waals surface area contributed by atoms with Gasteiger partial charge < -0.3 is 10.00 Å². The lowest BCUT2D eigenvalue weighted by Gasteiger charge is -2.22. The monoisotopic (exact) mass is 348 g/mol. The Labute approximate surface area is 141 Å². The molecule has 0 aliphatic carbocycles. The summed E-state index contributed by atoms with van der Waals surface area (Å²) in [6.45, 7) is 1.87. The maximum absolute atomic E-state index is 12.4. The second-order valence-electron chi connectivity index (χ2n) is 5.79. The Hall–Kier alpha value is -2.01. The Balaban J connectivity index is 2.05. The highest BCUT2D eigenvalue weighted by molar-refractivity contribution is 7.55. The summed E-state index contributed by atoms with van der Waals surface area (Å²) in [4.78, 5) is 25.6. The van der Waals surface area contributed by atoms with Crippen LogP contribution in [0.5, 0.6) is 0 Å². The van der Waals surface area contributed by atoms with Gasteiger partial charge in [0.25, 0.3) is 7.52 Å². The number of carbonyl (C=O) groups is 1. The molecule has 128 valence electrons. The van der Waals surface area contributed by atoms with E-state index in [1.54, 1.807) is 42.7 Å². The molecule has 2 rings (SSSR count). The van der Waals surface area contributed by atoms with Crippen LogP contribution in [0.4, 0.5) is 0 Å². The minimum Gasteiger partial charge on any atom is -0.480 e. The van der Waals surface area contributed by atoms with E-state index < -0.39 is 19.5 Å². The van der Waals surface area contributed by atoms with Crippen molar-refractivity contribution < 1.29 is 19.4 Å². The van der Waals surface area contributed by atoms with Crippen LogP contribution in [0.25, 0.3) is 0 Å². The number of pyridine rings is 1.